The summed E-state index contributed by atoms with van der Waals surface area (Å²) in [4.78, 5) is 14.4. The van der Waals surface area contributed by atoms with Crippen LogP contribution in [-0.2, 0) is 0 Å². The zero-order valence-corrected chi connectivity index (χ0v) is 15.0. The summed E-state index contributed by atoms with van der Waals surface area (Å²) < 4.78 is 0.983. The Labute approximate surface area is 146 Å². The minimum absolute atomic E-state index is 0.0194. The van der Waals surface area contributed by atoms with Crippen LogP contribution in [0.5, 0.6) is 0 Å². The Bertz CT molecular complexity index is 614. The van der Waals surface area contributed by atoms with Gasteiger partial charge in [0.05, 0.1) is 6.04 Å². The number of nitrogens with zero attached hydrogens (tertiary/aromatic N) is 1. The lowest BCUT2D eigenvalue weighted by Gasteiger charge is -2.21. The molecule has 0 radical (unpaired) electrons. The number of rotatable bonds is 6. The van der Waals surface area contributed by atoms with Crippen LogP contribution in [0.1, 0.15) is 18.0 Å². The van der Waals surface area contributed by atoms with E-state index in [9.17, 15) is 4.79 Å². The van der Waals surface area contributed by atoms with Crippen LogP contribution < -0.4 is 10.6 Å². The summed E-state index contributed by atoms with van der Waals surface area (Å²) in [5, 5.41) is 5.94. The van der Waals surface area contributed by atoms with E-state index in [1.165, 1.54) is 0 Å². The molecule has 1 atom stereocenters. The van der Waals surface area contributed by atoms with Crippen molar-refractivity contribution in [2.75, 3.05) is 26.0 Å². The van der Waals surface area contributed by atoms with Crippen LogP contribution in [0, 0.1) is 0 Å². The quantitative estimate of drug-likeness (QED) is 0.791. The molecule has 122 valence electrons. The van der Waals surface area contributed by atoms with E-state index in [0.29, 0.717) is 0 Å². The molecule has 2 amide bonds. The number of amides is 2. The van der Waals surface area contributed by atoms with Gasteiger partial charge in [0.2, 0.25) is 0 Å². The van der Waals surface area contributed by atoms with Gasteiger partial charge in [0, 0.05) is 10.2 Å². The molecule has 2 rings (SSSR count). The second-order valence-corrected chi connectivity index (χ2v) is 6.58. The van der Waals surface area contributed by atoms with Gasteiger partial charge in [0.1, 0.15) is 0 Å². The lowest BCUT2D eigenvalue weighted by molar-refractivity contribution is 0.246. The molecule has 0 fully saturated rings. The highest BCUT2D eigenvalue weighted by Gasteiger charge is 2.14. The van der Waals surface area contributed by atoms with Crippen molar-refractivity contribution in [1.29, 1.82) is 0 Å². The molecule has 2 aromatic carbocycles. The molecule has 0 aliphatic heterocycles. The van der Waals surface area contributed by atoms with E-state index in [4.69, 9.17) is 0 Å². The standard InChI is InChI=1S/C18H22BrN3O/c1-22(2)13-12-17(14-6-4-3-5-7-14)21-18(23)20-16-10-8-15(19)9-11-16/h3-11,17H,12-13H2,1-2H3,(H2,20,21,23). The lowest BCUT2D eigenvalue weighted by atomic mass is 10.0. The van der Waals surface area contributed by atoms with Gasteiger partial charge in [-0.2, -0.15) is 0 Å². The molecule has 0 aliphatic rings. The van der Waals surface area contributed by atoms with Gasteiger partial charge in [-0.3, -0.25) is 0 Å². The van der Waals surface area contributed by atoms with Crippen LogP contribution in [0.15, 0.2) is 59.1 Å². The fraction of sp³-hybridized carbons (Fsp3) is 0.278. The van der Waals surface area contributed by atoms with Crippen molar-refractivity contribution in [3.05, 3.63) is 64.6 Å². The summed E-state index contributed by atoms with van der Waals surface area (Å²) in [6.07, 6.45) is 0.852. The molecule has 2 aromatic rings. The fourth-order valence-electron chi connectivity index (χ4n) is 2.25. The second kappa shape index (κ2) is 8.70. The van der Waals surface area contributed by atoms with Gasteiger partial charge < -0.3 is 15.5 Å². The third-order valence-corrected chi connectivity index (χ3v) is 4.00. The second-order valence-electron chi connectivity index (χ2n) is 5.66. The first kappa shape index (κ1) is 17.5. The first-order chi connectivity index (χ1) is 11.0. The molecule has 0 saturated carbocycles. The van der Waals surface area contributed by atoms with Gasteiger partial charge in [-0.15, -0.1) is 0 Å². The molecule has 4 nitrogen and oxygen atoms in total. The Morgan fingerprint density at radius 2 is 1.74 bits per heavy atom. The zero-order chi connectivity index (χ0) is 16.7. The van der Waals surface area contributed by atoms with Gasteiger partial charge in [0.25, 0.3) is 0 Å². The van der Waals surface area contributed by atoms with Crippen molar-refractivity contribution in [2.24, 2.45) is 0 Å². The smallest absolute Gasteiger partial charge is 0.319 e. The molecular formula is C18H22BrN3O. The molecule has 0 saturated heterocycles. The largest absolute Gasteiger partial charge is 0.331 e. The van der Waals surface area contributed by atoms with Gasteiger partial charge in [-0.1, -0.05) is 46.3 Å². The monoisotopic (exact) mass is 375 g/mol. The summed E-state index contributed by atoms with van der Waals surface area (Å²) >= 11 is 3.38. The first-order valence-corrected chi connectivity index (χ1v) is 8.36. The van der Waals surface area contributed by atoms with Crippen molar-refractivity contribution in [3.63, 3.8) is 0 Å². The number of halogens is 1. The summed E-state index contributed by atoms with van der Waals surface area (Å²) in [5.41, 5.74) is 1.88. The van der Waals surface area contributed by atoms with Crippen molar-refractivity contribution >= 4 is 27.6 Å². The van der Waals surface area contributed by atoms with Crippen LogP contribution in [0.3, 0.4) is 0 Å². The molecule has 0 heterocycles. The molecule has 1 unspecified atom stereocenters. The minimum atomic E-state index is -0.195. The maximum atomic E-state index is 12.3. The summed E-state index contributed by atoms with van der Waals surface area (Å²) in [5.74, 6) is 0. The number of nitrogens with one attached hydrogen (secondary N) is 2. The lowest BCUT2D eigenvalue weighted by Crippen LogP contribution is -2.34. The summed E-state index contributed by atoms with van der Waals surface area (Å²) in [7, 11) is 4.06. The molecule has 0 aromatic heterocycles. The van der Waals surface area contributed by atoms with Gasteiger partial charge in [0.15, 0.2) is 0 Å². The SMILES string of the molecule is CN(C)CCC(NC(=O)Nc1ccc(Br)cc1)c1ccccc1. The molecule has 0 bridgehead atoms. The van der Waals surface area contributed by atoms with Crippen molar-refractivity contribution in [2.45, 2.75) is 12.5 Å². The Balaban J connectivity index is 2.01. The van der Waals surface area contributed by atoms with Crippen molar-refractivity contribution < 1.29 is 4.79 Å². The van der Waals surface area contributed by atoms with E-state index in [2.05, 4.69) is 31.5 Å². The Morgan fingerprint density at radius 3 is 2.35 bits per heavy atom. The third kappa shape index (κ3) is 6.04. The first-order valence-electron chi connectivity index (χ1n) is 7.57. The predicted molar refractivity (Wildman–Crippen MR) is 98.7 cm³/mol. The molecular weight excluding hydrogens is 354 g/mol. The topological polar surface area (TPSA) is 44.4 Å². The average molecular weight is 376 g/mol. The van der Waals surface area contributed by atoms with Crippen molar-refractivity contribution in [3.8, 4) is 0 Å². The van der Waals surface area contributed by atoms with E-state index in [0.717, 1.165) is 28.7 Å². The van der Waals surface area contributed by atoms with Crippen LogP contribution in [0.25, 0.3) is 0 Å². The Hall–Kier alpha value is -1.85. The van der Waals surface area contributed by atoms with E-state index < -0.39 is 0 Å². The van der Waals surface area contributed by atoms with E-state index in [1.807, 2.05) is 68.7 Å². The molecule has 23 heavy (non-hydrogen) atoms. The normalized spacial score (nSPS) is 12.0. The maximum absolute atomic E-state index is 12.3. The molecule has 0 spiro atoms. The van der Waals surface area contributed by atoms with Crippen LogP contribution in [-0.4, -0.2) is 31.6 Å². The minimum Gasteiger partial charge on any atom is -0.331 e. The number of carbonyl (C=O) groups excluding carboxylic acids is 1. The fourth-order valence-corrected chi connectivity index (χ4v) is 2.52. The molecule has 0 aliphatic carbocycles. The van der Waals surface area contributed by atoms with Gasteiger partial charge >= 0.3 is 6.03 Å². The van der Waals surface area contributed by atoms with Crippen molar-refractivity contribution in [1.82, 2.24) is 10.2 Å². The van der Waals surface area contributed by atoms with E-state index in [-0.39, 0.29) is 12.1 Å². The zero-order valence-electron chi connectivity index (χ0n) is 13.4. The number of benzene rings is 2. The highest BCUT2D eigenvalue weighted by molar-refractivity contribution is 9.10. The predicted octanol–water partition coefficient (Wildman–Crippen LogP) is 4.26. The van der Waals surface area contributed by atoms with Gasteiger partial charge in [-0.25, -0.2) is 4.79 Å². The number of hydrogen-bond acceptors (Lipinski definition) is 2. The van der Waals surface area contributed by atoms with E-state index in [1.54, 1.807) is 0 Å². The van der Waals surface area contributed by atoms with E-state index >= 15 is 0 Å². The summed E-state index contributed by atoms with van der Waals surface area (Å²) in [6.45, 7) is 0.901. The van der Waals surface area contributed by atoms with Crippen LogP contribution in [0.4, 0.5) is 10.5 Å². The summed E-state index contributed by atoms with van der Waals surface area (Å²) in [6, 6.07) is 17.4. The van der Waals surface area contributed by atoms with Crippen LogP contribution >= 0.6 is 15.9 Å². The highest BCUT2D eigenvalue weighted by atomic mass is 79.9. The molecule has 5 heteroatoms. The highest BCUT2D eigenvalue weighted by Crippen LogP contribution is 2.18. The average Bonchev–Trinajstić information content (AvgIpc) is 2.54. The Morgan fingerprint density at radius 1 is 1.09 bits per heavy atom. The number of hydrogen-bond donors (Lipinski definition) is 2. The number of urea groups is 1. The third-order valence-electron chi connectivity index (χ3n) is 3.47. The number of carbonyl (C=O) groups is 1. The van der Waals surface area contributed by atoms with Crippen LogP contribution in [0.2, 0.25) is 0 Å². The van der Waals surface area contributed by atoms with Gasteiger partial charge in [-0.05, 0) is 56.9 Å². The maximum Gasteiger partial charge on any atom is 0.319 e. The Kier molecular flexibility index (Phi) is 6.62. The number of anilines is 1. The molecule has 2 N–H and O–H groups in total.